The molecule has 9 nitrogen and oxygen atoms in total. The second kappa shape index (κ2) is 11.3. The van der Waals surface area contributed by atoms with Gasteiger partial charge in [0.2, 0.25) is 5.91 Å². The predicted octanol–water partition coefficient (Wildman–Crippen LogP) is 2.47. The predicted molar refractivity (Wildman–Crippen MR) is 117 cm³/mol. The van der Waals surface area contributed by atoms with E-state index < -0.39 is 4.92 Å². The van der Waals surface area contributed by atoms with Crippen molar-refractivity contribution >= 4 is 41.5 Å². The highest BCUT2D eigenvalue weighted by atomic mass is 127. The topological polar surface area (TPSA) is 104 Å². The number of nitro benzene ring substituents is 1. The van der Waals surface area contributed by atoms with E-state index in [1.54, 1.807) is 38.6 Å². The van der Waals surface area contributed by atoms with Gasteiger partial charge in [-0.3, -0.25) is 14.9 Å². The van der Waals surface area contributed by atoms with Crippen molar-refractivity contribution in [2.24, 2.45) is 4.99 Å². The molecule has 2 rings (SSSR count). The molecule has 0 aliphatic carbocycles. The number of nitrogens with one attached hydrogen (secondary N) is 1. The zero-order valence-corrected chi connectivity index (χ0v) is 18.3. The zero-order chi connectivity index (χ0) is 19.8. The molecule has 0 saturated heterocycles. The third kappa shape index (κ3) is 7.18. The molecule has 10 heteroatoms. The van der Waals surface area contributed by atoms with Gasteiger partial charge >= 0.3 is 0 Å². The third-order valence-corrected chi connectivity index (χ3v) is 3.79. The number of hydrogen-bond acceptors (Lipinski definition) is 5. The van der Waals surface area contributed by atoms with Crippen molar-refractivity contribution in [3.8, 4) is 0 Å². The first-order chi connectivity index (χ1) is 12.9. The average Bonchev–Trinajstić information content (AvgIpc) is 3.14. The van der Waals surface area contributed by atoms with E-state index in [9.17, 15) is 14.9 Å². The third-order valence-electron chi connectivity index (χ3n) is 3.79. The Bertz CT molecular complexity index is 791. The minimum absolute atomic E-state index is 0. The Morgan fingerprint density at radius 2 is 1.89 bits per heavy atom. The van der Waals surface area contributed by atoms with Gasteiger partial charge in [-0.1, -0.05) is 12.1 Å². The number of amides is 1. The van der Waals surface area contributed by atoms with Crippen LogP contribution in [-0.2, 0) is 17.9 Å². The highest BCUT2D eigenvalue weighted by Crippen LogP contribution is 2.13. The van der Waals surface area contributed by atoms with Crippen LogP contribution in [-0.4, -0.2) is 54.3 Å². The van der Waals surface area contributed by atoms with Gasteiger partial charge in [-0.2, -0.15) is 0 Å². The number of non-ortho nitro benzene ring substituents is 1. The average molecular weight is 501 g/mol. The maximum Gasteiger partial charge on any atom is 0.269 e. The van der Waals surface area contributed by atoms with Gasteiger partial charge in [0.1, 0.15) is 5.76 Å². The fourth-order valence-corrected chi connectivity index (χ4v) is 2.22. The van der Waals surface area contributed by atoms with Gasteiger partial charge in [0.25, 0.3) is 5.69 Å². The standard InChI is InChI=1S/C18H23N5O4.HI/c1-21(2)17(24)12-20-18(22(3)13-16-5-4-10-27-16)19-11-14-6-8-15(9-7-14)23(25)26;/h4-10H,11-13H2,1-3H3,(H,19,20);1H. The molecule has 0 fully saturated rings. The summed E-state index contributed by atoms with van der Waals surface area (Å²) in [5, 5.41) is 13.8. The summed E-state index contributed by atoms with van der Waals surface area (Å²) in [6.45, 7) is 0.906. The number of likely N-dealkylation sites (N-methyl/N-ethyl adjacent to an activating group) is 1. The molecule has 1 N–H and O–H groups in total. The van der Waals surface area contributed by atoms with E-state index in [0.29, 0.717) is 19.0 Å². The fourth-order valence-electron chi connectivity index (χ4n) is 2.22. The SMILES string of the molecule is CN(C)C(=O)CNC(=NCc1ccc([N+](=O)[O-])cc1)N(C)Cc1ccco1.I. The van der Waals surface area contributed by atoms with Crippen molar-refractivity contribution < 1.29 is 14.1 Å². The van der Waals surface area contributed by atoms with E-state index >= 15 is 0 Å². The Hall–Kier alpha value is -2.63. The number of carbonyl (C=O) groups excluding carboxylic acids is 1. The normalized spacial score (nSPS) is 10.8. The molecule has 152 valence electrons. The molecular weight excluding hydrogens is 477 g/mol. The second-order valence-electron chi connectivity index (χ2n) is 6.14. The van der Waals surface area contributed by atoms with Crippen molar-refractivity contribution in [1.29, 1.82) is 0 Å². The highest BCUT2D eigenvalue weighted by Gasteiger charge is 2.12. The summed E-state index contributed by atoms with van der Waals surface area (Å²) in [7, 11) is 5.21. The molecule has 0 aliphatic rings. The van der Waals surface area contributed by atoms with Crippen LogP contribution in [0.3, 0.4) is 0 Å². The summed E-state index contributed by atoms with van der Waals surface area (Å²) in [6, 6.07) is 9.88. The molecule has 1 heterocycles. The number of benzene rings is 1. The monoisotopic (exact) mass is 501 g/mol. The number of nitrogens with zero attached hydrogens (tertiary/aromatic N) is 4. The molecule has 0 saturated carbocycles. The summed E-state index contributed by atoms with van der Waals surface area (Å²) in [4.78, 5) is 30.0. The lowest BCUT2D eigenvalue weighted by molar-refractivity contribution is -0.384. The number of guanidine groups is 1. The van der Waals surface area contributed by atoms with Crippen molar-refractivity contribution in [2.45, 2.75) is 13.1 Å². The van der Waals surface area contributed by atoms with E-state index in [4.69, 9.17) is 4.42 Å². The quantitative estimate of drug-likeness (QED) is 0.206. The molecule has 1 aromatic heterocycles. The first-order valence-electron chi connectivity index (χ1n) is 8.32. The van der Waals surface area contributed by atoms with Crippen LogP contribution in [0, 0.1) is 10.1 Å². The number of furan rings is 1. The molecule has 0 radical (unpaired) electrons. The van der Waals surface area contributed by atoms with Gasteiger partial charge in [-0.25, -0.2) is 4.99 Å². The lowest BCUT2D eigenvalue weighted by Gasteiger charge is -2.22. The Morgan fingerprint density at radius 1 is 1.21 bits per heavy atom. The van der Waals surface area contributed by atoms with E-state index in [1.807, 2.05) is 18.0 Å². The molecule has 0 unspecified atom stereocenters. The van der Waals surface area contributed by atoms with Crippen LogP contribution < -0.4 is 5.32 Å². The van der Waals surface area contributed by atoms with Crippen molar-refractivity contribution in [3.05, 3.63) is 64.1 Å². The number of carbonyl (C=O) groups is 1. The second-order valence-corrected chi connectivity index (χ2v) is 6.14. The first-order valence-corrected chi connectivity index (χ1v) is 8.32. The highest BCUT2D eigenvalue weighted by molar-refractivity contribution is 14.0. The van der Waals surface area contributed by atoms with Crippen LogP contribution in [0.15, 0.2) is 52.1 Å². The van der Waals surface area contributed by atoms with Gasteiger partial charge in [-0.05, 0) is 17.7 Å². The van der Waals surface area contributed by atoms with Crippen LogP contribution >= 0.6 is 24.0 Å². The summed E-state index contributed by atoms with van der Waals surface area (Å²) < 4.78 is 5.35. The van der Waals surface area contributed by atoms with E-state index in [2.05, 4.69) is 10.3 Å². The number of halogens is 1. The van der Waals surface area contributed by atoms with Crippen LogP contribution in [0.5, 0.6) is 0 Å². The van der Waals surface area contributed by atoms with Crippen LogP contribution in [0.4, 0.5) is 5.69 Å². The molecule has 28 heavy (non-hydrogen) atoms. The summed E-state index contributed by atoms with van der Waals surface area (Å²) in [6.07, 6.45) is 1.60. The first kappa shape index (κ1) is 23.4. The van der Waals surface area contributed by atoms with E-state index in [-0.39, 0.29) is 42.1 Å². The number of aliphatic imine (C=N–C) groups is 1. The van der Waals surface area contributed by atoms with Crippen molar-refractivity contribution in [2.75, 3.05) is 27.7 Å². The largest absolute Gasteiger partial charge is 0.467 e. The van der Waals surface area contributed by atoms with E-state index in [0.717, 1.165) is 11.3 Å². The maximum absolute atomic E-state index is 11.9. The Kier molecular flexibility index (Phi) is 9.42. The lowest BCUT2D eigenvalue weighted by Crippen LogP contribution is -2.43. The molecule has 0 atom stereocenters. The number of rotatable bonds is 7. The number of nitro groups is 1. The lowest BCUT2D eigenvalue weighted by atomic mass is 10.2. The molecule has 0 bridgehead atoms. The molecule has 2 aromatic rings. The van der Waals surface area contributed by atoms with Gasteiger partial charge in [0, 0.05) is 33.3 Å². The van der Waals surface area contributed by atoms with Crippen LogP contribution in [0.1, 0.15) is 11.3 Å². The molecule has 0 aliphatic heterocycles. The number of hydrogen-bond donors (Lipinski definition) is 1. The van der Waals surface area contributed by atoms with Gasteiger partial charge < -0.3 is 19.5 Å². The van der Waals surface area contributed by atoms with Gasteiger partial charge in [-0.15, -0.1) is 24.0 Å². The smallest absolute Gasteiger partial charge is 0.269 e. The summed E-state index contributed by atoms with van der Waals surface area (Å²) in [5.74, 6) is 1.21. The Labute approximate surface area is 180 Å². The molecule has 0 spiro atoms. The maximum atomic E-state index is 11.9. The van der Waals surface area contributed by atoms with Crippen molar-refractivity contribution in [3.63, 3.8) is 0 Å². The Morgan fingerprint density at radius 3 is 2.43 bits per heavy atom. The Balaban J connectivity index is 0.00000392. The molecule has 1 aromatic carbocycles. The molecule has 1 amide bonds. The van der Waals surface area contributed by atoms with E-state index in [1.165, 1.54) is 17.0 Å². The summed E-state index contributed by atoms with van der Waals surface area (Å²) >= 11 is 0. The minimum Gasteiger partial charge on any atom is -0.467 e. The van der Waals surface area contributed by atoms with Crippen LogP contribution in [0.2, 0.25) is 0 Å². The van der Waals surface area contributed by atoms with Gasteiger partial charge in [0.05, 0.1) is 30.8 Å². The minimum atomic E-state index is -0.440. The van der Waals surface area contributed by atoms with Gasteiger partial charge in [0.15, 0.2) is 5.96 Å². The molecular formula is C18H24IN5O4. The zero-order valence-electron chi connectivity index (χ0n) is 16.0. The van der Waals surface area contributed by atoms with Crippen molar-refractivity contribution in [1.82, 2.24) is 15.1 Å². The summed E-state index contributed by atoms with van der Waals surface area (Å²) in [5.41, 5.74) is 0.859. The van der Waals surface area contributed by atoms with Crippen LogP contribution in [0.25, 0.3) is 0 Å². The fraction of sp³-hybridized carbons (Fsp3) is 0.333.